The van der Waals surface area contributed by atoms with E-state index in [0.29, 0.717) is 0 Å². The number of fused-ring (bicyclic) bond motifs is 1. The molecule has 1 N–H and O–H groups in total. The molecule has 7 heteroatoms. The molecule has 0 atom stereocenters. The Morgan fingerprint density at radius 1 is 1.08 bits per heavy atom. The number of hydrogen-bond donors (Lipinski definition) is 1. The van der Waals surface area contributed by atoms with E-state index in [-0.39, 0.29) is 16.5 Å². The Morgan fingerprint density at radius 3 is 2.46 bits per heavy atom. The van der Waals surface area contributed by atoms with Gasteiger partial charge in [-0.05, 0) is 29.8 Å². The monoisotopic (exact) mass is 335 g/mol. The van der Waals surface area contributed by atoms with E-state index < -0.39 is 34.7 Å². The van der Waals surface area contributed by atoms with E-state index >= 15 is 0 Å². The van der Waals surface area contributed by atoms with Crippen LogP contribution in [0.5, 0.6) is 0 Å². The highest BCUT2D eigenvalue weighted by Crippen LogP contribution is 2.43. The van der Waals surface area contributed by atoms with Crippen molar-refractivity contribution in [1.29, 1.82) is 0 Å². The van der Waals surface area contributed by atoms with Gasteiger partial charge in [0.2, 0.25) is 0 Å². The van der Waals surface area contributed by atoms with Crippen LogP contribution >= 0.6 is 0 Å². The third-order valence-electron chi connectivity index (χ3n) is 3.52. The molecule has 0 spiro atoms. The highest BCUT2D eigenvalue weighted by Gasteiger charge is 2.39. The number of pyridine rings is 1. The van der Waals surface area contributed by atoms with Crippen LogP contribution in [-0.2, 0) is 6.18 Å². The standard InChI is InChI=1S/C17H9F4NO2/c18-11-5-1-3-9(7-11)13-14(17(19,20)21)12(16(23)24)8-10-4-2-6-22-15(10)13/h1-8H,(H,23,24). The summed E-state index contributed by atoms with van der Waals surface area (Å²) in [7, 11) is 0. The molecule has 0 aliphatic rings. The summed E-state index contributed by atoms with van der Waals surface area (Å²) in [5.41, 5.74) is -2.82. The normalized spacial score (nSPS) is 11.7. The highest BCUT2D eigenvalue weighted by molar-refractivity contribution is 6.03. The molecule has 0 saturated heterocycles. The van der Waals surface area contributed by atoms with Gasteiger partial charge in [-0.3, -0.25) is 4.98 Å². The Hall–Kier alpha value is -2.96. The van der Waals surface area contributed by atoms with E-state index in [4.69, 9.17) is 0 Å². The van der Waals surface area contributed by atoms with Gasteiger partial charge >= 0.3 is 12.1 Å². The van der Waals surface area contributed by atoms with Crippen molar-refractivity contribution in [3.05, 3.63) is 65.6 Å². The van der Waals surface area contributed by atoms with Gasteiger partial charge in [-0.25, -0.2) is 9.18 Å². The van der Waals surface area contributed by atoms with Gasteiger partial charge in [0.1, 0.15) is 5.82 Å². The first kappa shape index (κ1) is 15.9. The lowest BCUT2D eigenvalue weighted by Crippen LogP contribution is -2.15. The van der Waals surface area contributed by atoms with Crippen LogP contribution in [0.2, 0.25) is 0 Å². The Balaban J connectivity index is 2.54. The van der Waals surface area contributed by atoms with E-state index in [1.54, 1.807) is 0 Å². The summed E-state index contributed by atoms with van der Waals surface area (Å²) < 4.78 is 54.3. The topological polar surface area (TPSA) is 50.2 Å². The fourth-order valence-corrected chi connectivity index (χ4v) is 2.61. The number of carbonyl (C=O) groups is 1. The smallest absolute Gasteiger partial charge is 0.417 e. The van der Waals surface area contributed by atoms with Crippen LogP contribution in [0.1, 0.15) is 15.9 Å². The molecule has 122 valence electrons. The van der Waals surface area contributed by atoms with E-state index in [1.165, 1.54) is 30.5 Å². The van der Waals surface area contributed by atoms with Gasteiger partial charge in [0.05, 0.1) is 16.6 Å². The number of hydrogen-bond acceptors (Lipinski definition) is 2. The molecule has 0 unspecified atom stereocenters. The summed E-state index contributed by atoms with van der Waals surface area (Å²) in [5.74, 6) is -2.45. The zero-order valence-electron chi connectivity index (χ0n) is 11.9. The molecule has 1 aromatic heterocycles. The van der Waals surface area contributed by atoms with Crippen molar-refractivity contribution in [2.75, 3.05) is 0 Å². The predicted molar refractivity (Wildman–Crippen MR) is 79.1 cm³/mol. The molecule has 3 rings (SSSR count). The first-order chi connectivity index (χ1) is 11.3. The number of benzene rings is 2. The molecule has 0 saturated carbocycles. The van der Waals surface area contributed by atoms with Crippen molar-refractivity contribution in [3.63, 3.8) is 0 Å². The van der Waals surface area contributed by atoms with Crippen LogP contribution < -0.4 is 0 Å². The number of nitrogens with zero attached hydrogens (tertiary/aromatic N) is 1. The second-order valence-electron chi connectivity index (χ2n) is 5.06. The first-order valence-electron chi connectivity index (χ1n) is 6.77. The van der Waals surface area contributed by atoms with Gasteiger partial charge in [-0.15, -0.1) is 0 Å². The Morgan fingerprint density at radius 2 is 1.83 bits per heavy atom. The first-order valence-corrected chi connectivity index (χ1v) is 6.77. The molecular formula is C17H9F4NO2. The third kappa shape index (κ3) is 2.68. The van der Waals surface area contributed by atoms with Crippen LogP contribution in [-0.4, -0.2) is 16.1 Å². The van der Waals surface area contributed by atoms with Crippen molar-refractivity contribution in [1.82, 2.24) is 4.98 Å². The Kier molecular flexibility index (Phi) is 3.71. The fourth-order valence-electron chi connectivity index (χ4n) is 2.61. The lowest BCUT2D eigenvalue weighted by Gasteiger charge is -2.18. The van der Waals surface area contributed by atoms with Crippen LogP contribution in [0.4, 0.5) is 17.6 Å². The number of aromatic nitrogens is 1. The molecule has 0 aliphatic carbocycles. The molecule has 0 aliphatic heterocycles. The summed E-state index contributed by atoms with van der Waals surface area (Å²) in [6, 6.07) is 8.42. The maximum atomic E-state index is 13.6. The van der Waals surface area contributed by atoms with E-state index in [9.17, 15) is 27.5 Å². The van der Waals surface area contributed by atoms with Crippen molar-refractivity contribution in [2.45, 2.75) is 6.18 Å². The van der Waals surface area contributed by atoms with Crippen LogP contribution in [0.3, 0.4) is 0 Å². The summed E-state index contributed by atoms with van der Waals surface area (Å²) in [6.07, 6.45) is -3.65. The largest absolute Gasteiger partial charge is 0.478 e. The number of aromatic carboxylic acids is 1. The summed E-state index contributed by atoms with van der Waals surface area (Å²) in [5, 5.41) is 9.44. The molecule has 3 aromatic rings. The van der Waals surface area contributed by atoms with Gasteiger partial charge in [-0.1, -0.05) is 18.2 Å². The van der Waals surface area contributed by atoms with Gasteiger partial charge in [-0.2, -0.15) is 13.2 Å². The molecule has 2 aromatic carbocycles. The quantitative estimate of drug-likeness (QED) is 0.687. The maximum Gasteiger partial charge on any atom is 0.417 e. The molecule has 0 radical (unpaired) electrons. The molecule has 1 heterocycles. The lowest BCUT2D eigenvalue weighted by atomic mass is 9.91. The predicted octanol–water partition coefficient (Wildman–Crippen LogP) is 4.76. The molecule has 0 amide bonds. The Bertz CT molecular complexity index is 951. The second kappa shape index (κ2) is 5.59. The number of halogens is 4. The van der Waals surface area contributed by atoms with Gasteiger partial charge < -0.3 is 5.11 Å². The summed E-state index contributed by atoms with van der Waals surface area (Å²) in [6.45, 7) is 0. The van der Waals surface area contributed by atoms with E-state index in [2.05, 4.69) is 4.98 Å². The zero-order chi connectivity index (χ0) is 17.5. The molecule has 24 heavy (non-hydrogen) atoms. The van der Waals surface area contributed by atoms with Crippen molar-refractivity contribution < 1.29 is 27.5 Å². The molecule has 0 bridgehead atoms. The zero-order valence-corrected chi connectivity index (χ0v) is 11.9. The Labute approximate surface area is 133 Å². The lowest BCUT2D eigenvalue weighted by molar-refractivity contribution is -0.137. The minimum absolute atomic E-state index is 0.0413. The third-order valence-corrected chi connectivity index (χ3v) is 3.52. The fraction of sp³-hybridized carbons (Fsp3) is 0.0588. The second-order valence-corrected chi connectivity index (χ2v) is 5.06. The van der Waals surface area contributed by atoms with Crippen molar-refractivity contribution >= 4 is 16.9 Å². The number of alkyl halides is 3. The van der Waals surface area contributed by atoms with Crippen LogP contribution in [0.25, 0.3) is 22.0 Å². The summed E-state index contributed by atoms with van der Waals surface area (Å²) in [4.78, 5) is 15.3. The number of carboxylic acids is 1. The van der Waals surface area contributed by atoms with Gasteiger partial charge in [0, 0.05) is 17.1 Å². The highest BCUT2D eigenvalue weighted by atomic mass is 19.4. The van der Waals surface area contributed by atoms with Gasteiger partial charge in [0.15, 0.2) is 0 Å². The minimum Gasteiger partial charge on any atom is -0.478 e. The molecule has 3 nitrogen and oxygen atoms in total. The van der Waals surface area contributed by atoms with Crippen LogP contribution in [0.15, 0.2) is 48.7 Å². The van der Waals surface area contributed by atoms with Crippen LogP contribution in [0, 0.1) is 5.82 Å². The number of carboxylic acid groups (broad SMARTS) is 1. The van der Waals surface area contributed by atoms with E-state index in [1.807, 2.05) is 0 Å². The molecule has 0 fully saturated rings. The SMILES string of the molecule is O=C(O)c1cc2cccnc2c(-c2cccc(F)c2)c1C(F)(F)F. The minimum atomic E-state index is -4.94. The average molecular weight is 335 g/mol. The van der Waals surface area contributed by atoms with Gasteiger partial charge in [0.25, 0.3) is 0 Å². The van der Waals surface area contributed by atoms with E-state index in [0.717, 1.165) is 18.2 Å². The molecular weight excluding hydrogens is 326 g/mol. The maximum absolute atomic E-state index is 13.6. The van der Waals surface area contributed by atoms with Crippen molar-refractivity contribution in [3.8, 4) is 11.1 Å². The van der Waals surface area contributed by atoms with Crippen molar-refractivity contribution in [2.24, 2.45) is 0 Å². The number of rotatable bonds is 2. The average Bonchev–Trinajstić information content (AvgIpc) is 2.52. The summed E-state index contributed by atoms with van der Waals surface area (Å²) >= 11 is 0.